The summed E-state index contributed by atoms with van der Waals surface area (Å²) < 4.78 is 16.8. The molecule has 0 aliphatic carbocycles. The van der Waals surface area contributed by atoms with Crippen molar-refractivity contribution in [3.05, 3.63) is 56.4 Å². The number of rotatable bonds is 4. The highest BCUT2D eigenvalue weighted by Crippen LogP contribution is 2.26. The van der Waals surface area contributed by atoms with Crippen molar-refractivity contribution >= 4 is 10.8 Å². The van der Waals surface area contributed by atoms with Crippen LogP contribution in [-0.2, 0) is 13.2 Å². The van der Waals surface area contributed by atoms with Gasteiger partial charge in [0.25, 0.3) is 5.56 Å². The van der Waals surface area contributed by atoms with Crippen LogP contribution in [0.4, 0.5) is 4.39 Å². The number of aliphatic hydroxyl groups excluding tert-OH is 1. The van der Waals surface area contributed by atoms with E-state index >= 15 is 0 Å². The third-order valence-corrected chi connectivity index (χ3v) is 4.25. The Labute approximate surface area is 142 Å². The summed E-state index contributed by atoms with van der Waals surface area (Å²) in [5, 5.41) is 14.2. The predicted molar refractivity (Wildman–Crippen MR) is 91.6 cm³/mol. The Morgan fingerprint density at radius 2 is 2.00 bits per heavy atom. The molecule has 2 aromatic heterocycles. The standard InChI is InChI=1S/C17H19FN4O3/c1-4-21-15(8-23)20-22(17(21)25)14-6-10-11(5-13(14)18)16(24)19-7-12(10)9(2)3/h5-7,9,23H,4,8H2,1-3H3,(H,19,24). The number of hydrogen-bond acceptors (Lipinski definition) is 4. The zero-order chi connectivity index (χ0) is 18.3. The molecule has 25 heavy (non-hydrogen) atoms. The van der Waals surface area contributed by atoms with Crippen molar-refractivity contribution in [2.24, 2.45) is 0 Å². The molecular weight excluding hydrogens is 327 g/mol. The number of H-pyrrole nitrogens is 1. The third-order valence-electron chi connectivity index (χ3n) is 4.25. The lowest BCUT2D eigenvalue weighted by Gasteiger charge is -2.11. The number of nitrogens with zero attached hydrogens (tertiary/aromatic N) is 3. The Balaban J connectivity index is 2.37. The molecule has 0 saturated carbocycles. The van der Waals surface area contributed by atoms with Crippen LogP contribution in [0.5, 0.6) is 0 Å². The van der Waals surface area contributed by atoms with Crippen LogP contribution >= 0.6 is 0 Å². The quantitative estimate of drug-likeness (QED) is 0.751. The summed E-state index contributed by atoms with van der Waals surface area (Å²) in [4.78, 5) is 27.1. The Bertz CT molecular complexity index is 1060. The predicted octanol–water partition coefficient (Wildman–Crippen LogP) is 1.65. The van der Waals surface area contributed by atoms with E-state index in [2.05, 4.69) is 10.1 Å². The molecule has 0 spiro atoms. The van der Waals surface area contributed by atoms with E-state index in [1.54, 1.807) is 13.1 Å². The number of halogens is 1. The van der Waals surface area contributed by atoms with E-state index in [9.17, 15) is 19.1 Å². The molecule has 0 bridgehead atoms. The van der Waals surface area contributed by atoms with E-state index in [0.29, 0.717) is 11.9 Å². The lowest BCUT2D eigenvalue weighted by Crippen LogP contribution is -2.24. The summed E-state index contributed by atoms with van der Waals surface area (Å²) in [6.45, 7) is 5.53. The molecule has 132 valence electrons. The number of aliphatic hydroxyl groups is 1. The van der Waals surface area contributed by atoms with E-state index in [-0.39, 0.29) is 22.8 Å². The van der Waals surface area contributed by atoms with Gasteiger partial charge in [0.2, 0.25) is 0 Å². The van der Waals surface area contributed by atoms with Crippen LogP contribution in [0.15, 0.2) is 27.9 Å². The Morgan fingerprint density at radius 3 is 2.56 bits per heavy atom. The molecule has 0 radical (unpaired) electrons. The number of nitrogens with one attached hydrogen (secondary N) is 1. The van der Waals surface area contributed by atoms with E-state index in [1.165, 1.54) is 10.6 Å². The number of aromatic nitrogens is 4. The summed E-state index contributed by atoms with van der Waals surface area (Å²) >= 11 is 0. The van der Waals surface area contributed by atoms with Crippen molar-refractivity contribution in [2.45, 2.75) is 39.8 Å². The maximum Gasteiger partial charge on any atom is 0.350 e. The van der Waals surface area contributed by atoms with E-state index in [4.69, 9.17) is 0 Å². The van der Waals surface area contributed by atoms with Crippen molar-refractivity contribution in [2.75, 3.05) is 0 Å². The molecule has 0 saturated heterocycles. The second-order valence-corrected chi connectivity index (χ2v) is 6.09. The molecule has 0 atom stereocenters. The van der Waals surface area contributed by atoms with Crippen molar-refractivity contribution in [3.63, 3.8) is 0 Å². The average Bonchev–Trinajstić information content (AvgIpc) is 2.90. The highest BCUT2D eigenvalue weighted by Gasteiger charge is 2.18. The number of aromatic amines is 1. The molecule has 8 heteroatoms. The normalized spacial score (nSPS) is 11.6. The van der Waals surface area contributed by atoms with Crippen molar-refractivity contribution < 1.29 is 9.50 Å². The van der Waals surface area contributed by atoms with Gasteiger partial charge in [-0.2, -0.15) is 4.68 Å². The number of fused-ring (bicyclic) bond motifs is 1. The average molecular weight is 346 g/mol. The lowest BCUT2D eigenvalue weighted by atomic mass is 9.98. The van der Waals surface area contributed by atoms with Crippen LogP contribution < -0.4 is 11.2 Å². The van der Waals surface area contributed by atoms with Gasteiger partial charge in [0.15, 0.2) is 5.82 Å². The first kappa shape index (κ1) is 17.1. The fourth-order valence-corrected chi connectivity index (χ4v) is 2.96. The number of pyridine rings is 1. The number of benzene rings is 1. The highest BCUT2D eigenvalue weighted by molar-refractivity contribution is 5.87. The van der Waals surface area contributed by atoms with Crippen LogP contribution in [0.1, 0.15) is 38.1 Å². The van der Waals surface area contributed by atoms with Crippen LogP contribution in [-0.4, -0.2) is 24.4 Å². The van der Waals surface area contributed by atoms with Gasteiger partial charge < -0.3 is 10.1 Å². The fourth-order valence-electron chi connectivity index (χ4n) is 2.96. The topological polar surface area (TPSA) is 92.9 Å². The summed E-state index contributed by atoms with van der Waals surface area (Å²) in [6.07, 6.45) is 1.60. The molecule has 0 aliphatic rings. The minimum Gasteiger partial charge on any atom is -0.388 e. The van der Waals surface area contributed by atoms with Gasteiger partial charge >= 0.3 is 5.69 Å². The second kappa shape index (κ2) is 6.29. The smallest absolute Gasteiger partial charge is 0.350 e. The number of hydrogen-bond donors (Lipinski definition) is 2. The second-order valence-electron chi connectivity index (χ2n) is 6.09. The van der Waals surface area contributed by atoms with Crippen LogP contribution in [0.3, 0.4) is 0 Å². The minimum absolute atomic E-state index is 0.0492. The van der Waals surface area contributed by atoms with Gasteiger partial charge in [-0.15, -0.1) is 5.10 Å². The largest absolute Gasteiger partial charge is 0.388 e. The molecule has 0 amide bonds. The van der Waals surface area contributed by atoms with Gasteiger partial charge in [-0.05, 0) is 35.9 Å². The van der Waals surface area contributed by atoms with Crippen LogP contribution in [0.25, 0.3) is 16.5 Å². The molecule has 2 N–H and O–H groups in total. The Hall–Kier alpha value is -2.74. The third kappa shape index (κ3) is 2.68. The summed E-state index contributed by atoms with van der Waals surface area (Å²) in [7, 11) is 0. The van der Waals surface area contributed by atoms with E-state index in [1.807, 2.05) is 13.8 Å². The van der Waals surface area contributed by atoms with Gasteiger partial charge in [0.1, 0.15) is 18.1 Å². The van der Waals surface area contributed by atoms with Gasteiger partial charge in [0.05, 0.1) is 5.39 Å². The zero-order valence-corrected chi connectivity index (χ0v) is 14.2. The summed E-state index contributed by atoms with van der Waals surface area (Å²) in [6, 6.07) is 2.58. The SMILES string of the molecule is CCn1c(CO)nn(-c2cc3c(C(C)C)c[nH]c(=O)c3cc2F)c1=O. The summed E-state index contributed by atoms with van der Waals surface area (Å²) in [5.41, 5.74) is -0.152. The zero-order valence-electron chi connectivity index (χ0n) is 14.2. The molecule has 0 fully saturated rings. The monoisotopic (exact) mass is 346 g/mol. The molecule has 3 aromatic rings. The van der Waals surface area contributed by atoms with E-state index in [0.717, 1.165) is 16.3 Å². The van der Waals surface area contributed by atoms with Gasteiger partial charge in [-0.3, -0.25) is 9.36 Å². The molecule has 2 heterocycles. The Morgan fingerprint density at radius 1 is 1.28 bits per heavy atom. The maximum absolute atomic E-state index is 14.6. The first-order valence-electron chi connectivity index (χ1n) is 8.03. The summed E-state index contributed by atoms with van der Waals surface area (Å²) in [5.74, 6) is -0.483. The van der Waals surface area contributed by atoms with Gasteiger partial charge in [-0.1, -0.05) is 13.8 Å². The molecule has 0 unspecified atom stereocenters. The Kier molecular flexibility index (Phi) is 4.30. The van der Waals surface area contributed by atoms with Crippen molar-refractivity contribution in [1.82, 2.24) is 19.3 Å². The first-order valence-corrected chi connectivity index (χ1v) is 8.03. The molecular formula is C17H19FN4O3. The lowest BCUT2D eigenvalue weighted by molar-refractivity contribution is 0.264. The van der Waals surface area contributed by atoms with Crippen LogP contribution in [0, 0.1) is 5.82 Å². The molecule has 7 nitrogen and oxygen atoms in total. The molecule has 3 rings (SSSR count). The first-order chi connectivity index (χ1) is 11.9. The highest BCUT2D eigenvalue weighted by atomic mass is 19.1. The van der Waals surface area contributed by atoms with Crippen molar-refractivity contribution in [1.29, 1.82) is 0 Å². The van der Waals surface area contributed by atoms with Gasteiger partial charge in [-0.25, -0.2) is 9.18 Å². The van der Waals surface area contributed by atoms with Gasteiger partial charge in [0, 0.05) is 12.7 Å². The minimum atomic E-state index is -0.730. The van der Waals surface area contributed by atoms with E-state index < -0.39 is 23.7 Å². The maximum atomic E-state index is 14.6. The van der Waals surface area contributed by atoms with Crippen LogP contribution in [0.2, 0.25) is 0 Å². The molecule has 0 aliphatic heterocycles. The fraction of sp³-hybridized carbons (Fsp3) is 0.353. The molecule has 1 aromatic carbocycles. The van der Waals surface area contributed by atoms with Crippen molar-refractivity contribution in [3.8, 4) is 5.69 Å².